The highest BCUT2D eigenvalue weighted by Crippen LogP contribution is 2.14. The van der Waals surface area contributed by atoms with Crippen molar-refractivity contribution in [2.45, 2.75) is 13.5 Å². The van der Waals surface area contributed by atoms with E-state index in [9.17, 15) is 4.39 Å². The van der Waals surface area contributed by atoms with Gasteiger partial charge in [0.05, 0.1) is 0 Å². The zero-order chi connectivity index (χ0) is 12.0. The van der Waals surface area contributed by atoms with E-state index < -0.39 is 0 Å². The van der Waals surface area contributed by atoms with E-state index in [0.717, 1.165) is 6.54 Å². The second-order valence-corrected chi connectivity index (χ2v) is 4.36. The molecule has 0 aliphatic rings. The maximum absolute atomic E-state index is 13.3. The summed E-state index contributed by atoms with van der Waals surface area (Å²) in [6, 6.07) is 4.58. The molecule has 0 aromatic heterocycles. The van der Waals surface area contributed by atoms with Crippen LogP contribution in [0.1, 0.15) is 12.5 Å². The van der Waals surface area contributed by atoms with Crippen LogP contribution in [0, 0.1) is 11.7 Å². The summed E-state index contributed by atoms with van der Waals surface area (Å²) >= 11 is 5.79. The summed E-state index contributed by atoms with van der Waals surface area (Å²) in [6.07, 6.45) is 0. The zero-order valence-electron chi connectivity index (χ0n) is 9.59. The van der Waals surface area contributed by atoms with Crippen LogP contribution in [0.2, 0.25) is 5.02 Å². The Morgan fingerprint density at radius 1 is 1.50 bits per heavy atom. The molecule has 1 unspecified atom stereocenters. The third-order valence-electron chi connectivity index (χ3n) is 2.27. The minimum atomic E-state index is -0.226. The van der Waals surface area contributed by atoms with Crippen LogP contribution in [0.25, 0.3) is 0 Å². The molecule has 1 N–H and O–H groups in total. The first-order valence-electron chi connectivity index (χ1n) is 5.27. The Morgan fingerprint density at radius 3 is 2.94 bits per heavy atom. The summed E-state index contributed by atoms with van der Waals surface area (Å²) < 4.78 is 18.3. The van der Waals surface area contributed by atoms with Crippen LogP contribution in [0.5, 0.6) is 0 Å². The number of ether oxygens (including phenoxy) is 1. The van der Waals surface area contributed by atoms with Crippen molar-refractivity contribution in [1.29, 1.82) is 0 Å². The molecular weight excluding hydrogens is 229 g/mol. The molecular formula is C12H17ClFNO. The lowest BCUT2D eigenvalue weighted by Gasteiger charge is -2.11. The number of methoxy groups -OCH3 is 1. The number of halogens is 2. The lowest BCUT2D eigenvalue weighted by Crippen LogP contribution is -2.23. The van der Waals surface area contributed by atoms with E-state index in [-0.39, 0.29) is 5.82 Å². The summed E-state index contributed by atoms with van der Waals surface area (Å²) in [5, 5.41) is 3.73. The van der Waals surface area contributed by atoms with Gasteiger partial charge >= 0.3 is 0 Å². The SMILES string of the molecule is COCC(C)CNCc1cc(Cl)ccc1F. The lowest BCUT2D eigenvalue weighted by molar-refractivity contribution is 0.158. The second kappa shape index (κ2) is 6.84. The number of benzene rings is 1. The van der Waals surface area contributed by atoms with Gasteiger partial charge in [-0.05, 0) is 24.1 Å². The van der Waals surface area contributed by atoms with E-state index in [0.29, 0.717) is 29.7 Å². The van der Waals surface area contributed by atoms with Crippen LogP contribution in [0.15, 0.2) is 18.2 Å². The first-order valence-corrected chi connectivity index (χ1v) is 5.65. The normalized spacial score (nSPS) is 12.8. The molecule has 0 aliphatic heterocycles. The van der Waals surface area contributed by atoms with Crippen LogP contribution in [0.3, 0.4) is 0 Å². The highest BCUT2D eigenvalue weighted by Gasteiger charge is 2.04. The molecule has 1 aromatic carbocycles. The van der Waals surface area contributed by atoms with Crippen molar-refractivity contribution in [3.8, 4) is 0 Å². The second-order valence-electron chi connectivity index (χ2n) is 3.93. The van der Waals surface area contributed by atoms with E-state index in [1.165, 1.54) is 6.07 Å². The van der Waals surface area contributed by atoms with Crippen molar-refractivity contribution in [1.82, 2.24) is 5.32 Å². The Bertz CT molecular complexity index is 333. The average Bonchev–Trinajstić information content (AvgIpc) is 2.23. The molecule has 0 bridgehead atoms. The summed E-state index contributed by atoms with van der Waals surface area (Å²) in [4.78, 5) is 0. The van der Waals surface area contributed by atoms with Crippen molar-refractivity contribution in [2.75, 3.05) is 20.3 Å². The van der Waals surface area contributed by atoms with Gasteiger partial charge in [-0.3, -0.25) is 0 Å². The Hall–Kier alpha value is -0.640. The minimum Gasteiger partial charge on any atom is -0.384 e. The molecule has 2 nitrogen and oxygen atoms in total. The average molecular weight is 246 g/mol. The molecule has 90 valence electrons. The lowest BCUT2D eigenvalue weighted by atomic mass is 10.1. The maximum atomic E-state index is 13.3. The summed E-state index contributed by atoms with van der Waals surface area (Å²) in [6.45, 7) is 4.05. The molecule has 16 heavy (non-hydrogen) atoms. The van der Waals surface area contributed by atoms with Crippen LogP contribution < -0.4 is 5.32 Å². The molecule has 0 fully saturated rings. The topological polar surface area (TPSA) is 21.3 Å². The molecule has 4 heteroatoms. The van der Waals surface area contributed by atoms with E-state index in [4.69, 9.17) is 16.3 Å². The smallest absolute Gasteiger partial charge is 0.127 e. The first kappa shape index (κ1) is 13.4. The standard InChI is InChI=1S/C12H17ClFNO/c1-9(8-16-2)6-15-7-10-5-11(13)3-4-12(10)14/h3-5,9,15H,6-8H2,1-2H3. The van der Waals surface area contributed by atoms with Gasteiger partial charge in [0.25, 0.3) is 0 Å². The van der Waals surface area contributed by atoms with Gasteiger partial charge in [-0.25, -0.2) is 4.39 Å². The predicted molar refractivity (Wildman–Crippen MR) is 64.2 cm³/mol. The van der Waals surface area contributed by atoms with Gasteiger partial charge in [0.2, 0.25) is 0 Å². The van der Waals surface area contributed by atoms with Crippen LogP contribution in [-0.2, 0) is 11.3 Å². The molecule has 1 aromatic rings. The molecule has 0 amide bonds. The van der Waals surface area contributed by atoms with Gasteiger partial charge in [-0.1, -0.05) is 18.5 Å². The Balaban J connectivity index is 2.39. The molecule has 0 saturated heterocycles. The molecule has 0 saturated carbocycles. The Morgan fingerprint density at radius 2 is 2.25 bits per heavy atom. The third kappa shape index (κ3) is 4.47. The number of rotatable bonds is 6. The predicted octanol–water partition coefficient (Wildman–Crippen LogP) is 2.85. The molecule has 0 radical (unpaired) electrons. The van der Waals surface area contributed by atoms with Gasteiger partial charge in [0, 0.05) is 37.4 Å². The molecule has 1 rings (SSSR count). The fourth-order valence-electron chi connectivity index (χ4n) is 1.48. The summed E-state index contributed by atoms with van der Waals surface area (Å²) in [7, 11) is 1.67. The molecule has 0 heterocycles. The largest absolute Gasteiger partial charge is 0.384 e. The third-order valence-corrected chi connectivity index (χ3v) is 2.50. The fourth-order valence-corrected chi connectivity index (χ4v) is 1.67. The quantitative estimate of drug-likeness (QED) is 0.832. The van der Waals surface area contributed by atoms with Crippen LogP contribution in [-0.4, -0.2) is 20.3 Å². The molecule has 0 spiro atoms. The number of hydrogen-bond acceptors (Lipinski definition) is 2. The number of nitrogens with one attached hydrogen (secondary N) is 1. The monoisotopic (exact) mass is 245 g/mol. The van der Waals surface area contributed by atoms with Gasteiger partial charge < -0.3 is 10.1 Å². The Labute approximate surface area is 101 Å². The van der Waals surface area contributed by atoms with E-state index in [1.807, 2.05) is 0 Å². The van der Waals surface area contributed by atoms with E-state index in [1.54, 1.807) is 19.2 Å². The highest BCUT2D eigenvalue weighted by atomic mass is 35.5. The van der Waals surface area contributed by atoms with Gasteiger partial charge in [0.15, 0.2) is 0 Å². The van der Waals surface area contributed by atoms with E-state index >= 15 is 0 Å². The van der Waals surface area contributed by atoms with Crippen molar-refractivity contribution in [3.05, 3.63) is 34.6 Å². The Kier molecular flexibility index (Phi) is 5.74. The van der Waals surface area contributed by atoms with Crippen molar-refractivity contribution >= 4 is 11.6 Å². The van der Waals surface area contributed by atoms with Crippen LogP contribution in [0.4, 0.5) is 4.39 Å². The maximum Gasteiger partial charge on any atom is 0.127 e. The summed E-state index contributed by atoms with van der Waals surface area (Å²) in [5.74, 6) is 0.184. The first-order chi connectivity index (χ1) is 7.63. The van der Waals surface area contributed by atoms with Crippen molar-refractivity contribution < 1.29 is 9.13 Å². The molecule has 1 atom stereocenters. The van der Waals surface area contributed by atoms with Crippen LogP contribution >= 0.6 is 11.6 Å². The van der Waals surface area contributed by atoms with Crippen molar-refractivity contribution in [2.24, 2.45) is 5.92 Å². The highest BCUT2D eigenvalue weighted by molar-refractivity contribution is 6.30. The van der Waals surface area contributed by atoms with E-state index in [2.05, 4.69) is 12.2 Å². The fraction of sp³-hybridized carbons (Fsp3) is 0.500. The van der Waals surface area contributed by atoms with Gasteiger partial charge in [0.1, 0.15) is 5.82 Å². The minimum absolute atomic E-state index is 0.226. The summed E-state index contributed by atoms with van der Waals surface area (Å²) in [5.41, 5.74) is 0.595. The van der Waals surface area contributed by atoms with Gasteiger partial charge in [-0.2, -0.15) is 0 Å². The molecule has 0 aliphatic carbocycles. The van der Waals surface area contributed by atoms with Crippen molar-refractivity contribution in [3.63, 3.8) is 0 Å². The van der Waals surface area contributed by atoms with Gasteiger partial charge in [-0.15, -0.1) is 0 Å². The zero-order valence-corrected chi connectivity index (χ0v) is 10.4. The number of hydrogen-bond donors (Lipinski definition) is 1.